The van der Waals surface area contributed by atoms with Gasteiger partial charge in [-0.05, 0) is 36.6 Å². The van der Waals surface area contributed by atoms with Crippen LogP contribution in [0.15, 0.2) is 63.3 Å². The van der Waals surface area contributed by atoms with E-state index in [1.165, 1.54) is 0 Å². The highest BCUT2D eigenvalue weighted by Gasteiger charge is 2.33. The molecule has 0 amide bonds. The largest absolute Gasteiger partial charge is 0.606 e. The number of aliphatic imine (C=N–C) groups is 1. The maximum absolute atomic E-state index is 13.0. The zero-order valence-electron chi connectivity index (χ0n) is 14.6. The minimum atomic E-state index is -1.26. The summed E-state index contributed by atoms with van der Waals surface area (Å²) in [5, 5.41) is 0. The van der Waals surface area contributed by atoms with Gasteiger partial charge in [0.25, 0.3) is 0 Å². The molecule has 0 saturated carbocycles. The molecule has 0 aliphatic carbocycles. The molecular formula is C20H23NO2S. The normalized spacial score (nSPS) is 18.9. The van der Waals surface area contributed by atoms with Crippen LogP contribution in [-0.4, -0.2) is 23.1 Å². The Morgan fingerprint density at radius 1 is 1.08 bits per heavy atom. The number of ether oxygens (including phenoxy) is 1. The molecule has 1 aliphatic heterocycles. The Morgan fingerprint density at radius 2 is 1.75 bits per heavy atom. The zero-order chi connectivity index (χ0) is 17.3. The highest BCUT2D eigenvalue weighted by molar-refractivity contribution is 7.91. The summed E-state index contributed by atoms with van der Waals surface area (Å²) in [6.07, 6.45) is 0. The molecule has 0 N–H and O–H groups in total. The van der Waals surface area contributed by atoms with Gasteiger partial charge in [0.05, 0.1) is 11.6 Å². The fourth-order valence-electron chi connectivity index (χ4n) is 2.56. The van der Waals surface area contributed by atoms with Crippen LogP contribution < -0.4 is 0 Å². The number of hydrogen-bond donors (Lipinski definition) is 0. The molecule has 1 aliphatic rings. The van der Waals surface area contributed by atoms with E-state index in [1.807, 2.05) is 55.5 Å². The van der Waals surface area contributed by atoms with Gasteiger partial charge in [0.15, 0.2) is 9.79 Å². The summed E-state index contributed by atoms with van der Waals surface area (Å²) in [5.41, 5.74) is 2.02. The lowest BCUT2D eigenvalue weighted by Gasteiger charge is -2.21. The molecule has 0 aromatic heterocycles. The van der Waals surface area contributed by atoms with Crippen LogP contribution >= 0.6 is 0 Å². The smallest absolute Gasteiger partial charge is 0.221 e. The molecule has 0 spiro atoms. The SMILES string of the molecule is Cc1ccc([S+]([O-])c2ccccc2C2=N[C@@H](C(C)(C)C)CO2)cc1. The van der Waals surface area contributed by atoms with E-state index in [2.05, 4.69) is 20.8 Å². The monoisotopic (exact) mass is 341 g/mol. The first kappa shape index (κ1) is 17.1. The van der Waals surface area contributed by atoms with E-state index in [-0.39, 0.29) is 11.5 Å². The van der Waals surface area contributed by atoms with Gasteiger partial charge in [-0.15, -0.1) is 0 Å². The van der Waals surface area contributed by atoms with Crippen LogP contribution in [0.3, 0.4) is 0 Å². The first-order valence-corrected chi connectivity index (χ1v) is 9.29. The Bertz CT molecular complexity index is 747. The van der Waals surface area contributed by atoms with Crippen molar-refractivity contribution < 1.29 is 9.29 Å². The Kier molecular flexibility index (Phi) is 4.70. The van der Waals surface area contributed by atoms with Crippen molar-refractivity contribution in [2.45, 2.75) is 43.5 Å². The molecule has 2 atom stereocenters. The second kappa shape index (κ2) is 6.61. The maximum Gasteiger partial charge on any atom is 0.221 e. The van der Waals surface area contributed by atoms with Crippen molar-refractivity contribution in [3.63, 3.8) is 0 Å². The van der Waals surface area contributed by atoms with Crippen molar-refractivity contribution in [1.82, 2.24) is 0 Å². The van der Waals surface area contributed by atoms with E-state index in [0.29, 0.717) is 12.5 Å². The topological polar surface area (TPSA) is 44.7 Å². The van der Waals surface area contributed by atoms with Gasteiger partial charge in [-0.2, -0.15) is 0 Å². The van der Waals surface area contributed by atoms with E-state index in [1.54, 1.807) is 0 Å². The van der Waals surface area contributed by atoms with Gasteiger partial charge in [0.1, 0.15) is 6.61 Å². The molecule has 1 heterocycles. The number of nitrogens with zero attached hydrogens (tertiary/aromatic N) is 1. The van der Waals surface area contributed by atoms with Gasteiger partial charge in [-0.1, -0.05) is 50.6 Å². The summed E-state index contributed by atoms with van der Waals surface area (Å²) in [6.45, 7) is 9.07. The van der Waals surface area contributed by atoms with Crippen molar-refractivity contribution in [2.24, 2.45) is 10.4 Å². The third kappa shape index (κ3) is 3.50. The lowest BCUT2D eigenvalue weighted by atomic mass is 9.88. The van der Waals surface area contributed by atoms with Crippen molar-refractivity contribution in [3.05, 3.63) is 59.7 Å². The highest BCUT2D eigenvalue weighted by atomic mass is 32.2. The fourth-order valence-corrected chi connectivity index (χ4v) is 3.75. The Morgan fingerprint density at radius 3 is 2.38 bits per heavy atom. The molecule has 4 heteroatoms. The van der Waals surface area contributed by atoms with Gasteiger partial charge >= 0.3 is 0 Å². The van der Waals surface area contributed by atoms with Crippen LogP contribution in [0.5, 0.6) is 0 Å². The summed E-state index contributed by atoms with van der Waals surface area (Å²) < 4.78 is 18.9. The predicted octanol–water partition coefficient (Wildman–Crippen LogP) is 4.35. The van der Waals surface area contributed by atoms with Gasteiger partial charge in [0, 0.05) is 11.2 Å². The first-order chi connectivity index (χ1) is 11.4. The standard InChI is InChI=1S/C20H23NO2S/c1-14-9-11-15(12-10-14)24(22)17-8-6-5-7-16(17)19-21-18(13-23-19)20(2,3)4/h5-12,18H,13H2,1-4H3/t18-,24?/m1/s1. The van der Waals surface area contributed by atoms with E-state index >= 15 is 0 Å². The number of hydrogen-bond acceptors (Lipinski definition) is 3. The third-order valence-electron chi connectivity index (χ3n) is 4.20. The lowest BCUT2D eigenvalue weighted by molar-refractivity contribution is 0.235. The lowest BCUT2D eigenvalue weighted by Crippen LogP contribution is -2.25. The van der Waals surface area contributed by atoms with Crippen LogP contribution in [0.4, 0.5) is 0 Å². The molecule has 3 nitrogen and oxygen atoms in total. The van der Waals surface area contributed by atoms with Gasteiger partial charge in [-0.25, -0.2) is 4.99 Å². The molecule has 24 heavy (non-hydrogen) atoms. The van der Waals surface area contributed by atoms with Crippen LogP contribution in [0.25, 0.3) is 0 Å². The molecule has 0 fully saturated rings. The van der Waals surface area contributed by atoms with Crippen molar-refractivity contribution in [2.75, 3.05) is 6.61 Å². The predicted molar refractivity (Wildman–Crippen MR) is 98.0 cm³/mol. The van der Waals surface area contributed by atoms with E-state index < -0.39 is 11.2 Å². The summed E-state index contributed by atoms with van der Waals surface area (Å²) >= 11 is -1.26. The van der Waals surface area contributed by atoms with Crippen LogP contribution in [0, 0.1) is 12.3 Å². The quantitative estimate of drug-likeness (QED) is 0.779. The maximum atomic E-state index is 13.0. The first-order valence-electron chi connectivity index (χ1n) is 8.15. The van der Waals surface area contributed by atoms with Gasteiger partial charge < -0.3 is 9.29 Å². The average Bonchev–Trinajstić information content (AvgIpc) is 3.05. The minimum absolute atomic E-state index is 0.0484. The van der Waals surface area contributed by atoms with E-state index in [0.717, 1.165) is 20.9 Å². The summed E-state index contributed by atoms with van der Waals surface area (Å²) in [6, 6.07) is 15.6. The van der Waals surface area contributed by atoms with Crippen LogP contribution in [-0.2, 0) is 15.9 Å². The fraction of sp³-hybridized carbons (Fsp3) is 0.350. The molecule has 0 radical (unpaired) electrons. The zero-order valence-corrected chi connectivity index (χ0v) is 15.4. The van der Waals surface area contributed by atoms with Crippen LogP contribution in [0.1, 0.15) is 31.9 Å². The third-order valence-corrected chi connectivity index (χ3v) is 5.66. The molecule has 1 unspecified atom stereocenters. The van der Waals surface area contributed by atoms with Crippen molar-refractivity contribution >= 4 is 17.1 Å². The summed E-state index contributed by atoms with van der Waals surface area (Å²) in [5.74, 6) is 0.603. The summed E-state index contributed by atoms with van der Waals surface area (Å²) in [7, 11) is 0. The molecule has 2 aromatic rings. The van der Waals surface area contributed by atoms with Gasteiger partial charge in [0.2, 0.25) is 5.90 Å². The Hall–Kier alpha value is -1.78. The molecular weight excluding hydrogens is 318 g/mol. The number of aryl methyl sites for hydroxylation is 1. The van der Waals surface area contributed by atoms with E-state index in [9.17, 15) is 4.55 Å². The van der Waals surface area contributed by atoms with Gasteiger partial charge in [-0.3, -0.25) is 0 Å². The Balaban J connectivity index is 1.96. The molecule has 0 saturated heterocycles. The molecule has 0 bridgehead atoms. The van der Waals surface area contributed by atoms with Crippen molar-refractivity contribution in [1.29, 1.82) is 0 Å². The Labute approximate surface area is 147 Å². The average molecular weight is 341 g/mol. The second-order valence-electron chi connectivity index (χ2n) is 7.21. The molecule has 126 valence electrons. The minimum Gasteiger partial charge on any atom is -0.606 e. The van der Waals surface area contributed by atoms with E-state index in [4.69, 9.17) is 9.73 Å². The number of rotatable bonds is 3. The second-order valence-corrected chi connectivity index (χ2v) is 8.65. The number of benzene rings is 2. The summed E-state index contributed by atoms with van der Waals surface area (Å²) in [4.78, 5) is 6.28. The molecule has 3 rings (SSSR count). The van der Waals surface area contributed by atoms with Crippen molar-refractivity contribution in [3.8, 4) is 0 Å². The van der Waals surface area contributed by atoms with Crippen LogP contribution in [0.2, 0.25) is 0 Å². The highest BCUT2D eigenvalue weighted by Crippen LogP contribution is 2.30. The molecule has 2 aromatic carbocycles.